The minimum absolute atomic E-state index is 0.121. The Balaban J connectivity index is 1.82. The standard InChI is InChI=1S/C16H14N4O3S/c1-10-19-20-16(24-10)18-14(13(21)11-6-3-2-4-7-11)17-15(22)12-8-5-9-23-12/h2-9,14H,1H3,(H,17,22)(H,18,20)/t14-/m0/s1. The number of carbonyl (C=O) groups is 2. The molecule has 0 saturated carbocycles. The summed E-state index contributed by atoms with van der Waals surface area (Å²) in [7, 11) is 0. The number of aromatic nitrogens is 2. The van der Waals surface area contributed by atoms with Crippen molar-refractivity contribution in [2.75, 3.05) is 5.32 Å². The number of benzene rings is 1. The lowest BCUT2D eigenvalue weighted by Gasteiger charge is -2.17. The van der Waals surface area contributed by atoms with Crippen LogP contribution >= 0.6 is 11.3 Å². The van der Waals surface area contributed by atoms with Crippen LogP contribution in [0.1, 0.15) is 25.9 Å². The van der Waals surface area contributed by atoms with Crippen molar-refractivity contribution in [1.29, 1.82) is 0 Å². The van der Waals surface area contributed by atoms with E-state index in [0.717, 1.165) is 5.01 Å². The van der Waals surface area contributed by atoms with E-state index < -0.39 is 12.1 Å². The van der Waals surface area contributed by atoms with E-state index in [-0.39, 0.29) is 11.5 Å². The van der Waals surface area contributed by atoms with E-state index in [1.807, 2.05) is 6.07 Å². The van der Waals surface area contributed by atoms with E-state index in [4.69, 9.17) is 4.42 Å². The van der Waals surface area contributed by atoms with Crippen molar-refractivity contribution >= 4 is 28.2 Å². The molecule has 1 aromatic carbocycles. The number of hydrogen-bond donors (Lipinski definition) is 2. The van der Waals surface area contributed by atoms with Crippen molar-refractivity contribution in [2.45, 2.75) is 13.1 Å². The van der Waals surface area contributed by atoms with E-state index in [0.29, 0.717) is 10.7 Å². The summed E-state index contributed by atoms with van der Waals surface area (Å²) in [6.45, 7) is 1.80. The Bertz CT molecular complexity index is 830. The largest absolute Gasteiger partial charge is 0.459 e. The Morgan fingerprint density at radius 3 is 2.54 bits per heavy atom. The Labute approximate surface area is 141 Å². The lowest BCUT2D eigenvalue weighted by molar-refractivity contribution is 0.0852. The first kappa shape index (κ1) is 15.9. The molecule has 8 heteroatoms. The molecule has 0 unspecified atom stereocenters. The van der Waals surface area contributed by atoms with Crippen molar-refractivity contribution in [2.24, 2.45) is 0 Å². The summed E-state index contributed by atoms with van der Waals surface area (Å²) < 4.78 is 5.06. The van der Waals surface area contributed by atoms with Gasteiger partial charge in [-0.2, -0.15) is 0 Å². The van der Waals surface area contributed by atoms with Crippen molar-refractivity contribution in [3.8, 4) is 0 Å². The molecule has 2 heterocycles. The van der Waals surface area contributed by atoms with Crippen molar-refractivity contribution in [3.05, 3.63) is 65.1 Å². The number of carbonyl (C=O) groups excluding carboxylic acids is 2. The maximum atomic E-state index is 12.7. The van der Waals surface area contributed by atoms with E-state index in [9.17, 15) is 9.59 Å². The van der Waals surface area contributed by atoms with Crippen LogP contribution in [0.2, 0.25) is 0 Å². The molecule has 1 amide bonds. The first-order chi connectivity index (χ1) is 11.6. The molecule has 0 fully saturated rings. The number of nitrogens with one attached hydrogen (secondary N) is 2. The number of hydrogen-bond acceptors (Lipinski definition) is 7. The summed E-state index contributed by atoms with van der Waals surface area (Å²) in [6.07, 6.45) is 0.405. The fourth-order valence-corrected chi connectivity index (χ4v) is 2.64. The summed E-state index contributed by atoms with van der Waals surface area (Å²) in [5, 5.41) is 14.6. The maximum Gasteiger partial charge on any atom is 0.288 e. The van der Waals surface area contributed by atoms with Gasteiger partial charge in [0.25, 0.3) is 5.91 Å². The molecule has 0 spiro atoms. The van der Waals surface area contributed by atoms with Crippen LogP contribution in [0, 0.1) is 6.92 Å². The summed E-state index contributed by atoms with van der Waals surface area (Å²) in [5.74, 6) is -0.664. The van der Waals surface area contributed by atoms with Gasteiger partial charge in [0, 0.05) is 5.56 Å². The number of anilines is 1. The van der Waals surface area contributed by atoms with Gasteiger partial charge in [0.15, 0.2) is 11.9 Å². The molecule has 0 radical (unpaired) electrons. The van der Waals surface area contributed by atoms with Crippen LogP contribution in [0.15, 0.2) is 53.1 Å². The molecule has 3 rings (SSSR count). The third-order valence-corrected chi connectivity index (χ3v) is 3.90. The van der Waals surface area contributed by atoms with Crippen molar-refractivity contribution in [1.82, 2.24) is 15.5 Å². The van der Waals surface area contributed by atoms with E-state index in [2.05, 4.69) is 20.8 Å². The van der Waals surface area contributed by atoms with Crippen LogP contribution < -0.4 is 10.6 Å². The monoisotopic (exact) mass is 342 g/mol. The first-order valence-electron chi connectivity index (χ1n) is 7.14. The normalized spacial score (nSPS) is 11.7. The molecule has 0 aliphatic rings. The second kappa shape index (κ2) is 7.05. The lowest BCUT2D eigenvalue weighted by Crippen LogP contribution is -2.46. The molecule has 2 N–H and O–H groups in total. The number of rotatable bonds is 6. The molecule has 122 valence electrons. The number of ketones is 1. The smallest absolute Gasteiger partial charge is 0.288 e. The van der Waals surface area contributed by atoms with Gasteiger partial charge in [-0.3, -0.25) is 9.59 Å². The predicted octanol–water partition coefficient (Wildman–Crippen LogP) is 2.49. The number of furan rings is 1. The first-order valence-corrected chi connectivity index (χ1v) is 7.95. The van der Waals surface area contributed by atoms with Crippen LogP contribution in [0.25, 0.3) is 0 Å². The zero-order valence-electron chi connectivity index (χ0n) is 12.7. The zero-order chi connectivity index (χ0) is 16.9. The van der Waals surface area contributed by atoms with E-state index in [1.54, 1.807) is 37.3 Å². The minimum Gasteiger partial charge on any atom is -0.459 e. The van der Waals surface area contributed by atoms with Gasteiger partial charge >= 0.3 is 0 Å². The Morgan fingerprint density at radius 2 is 1.92 bits per heavy atom. The summed E-state index contributed by atoms with van der Waals surface area (Å²) in [5.41, 5.74) is 0.469. The zero-order valence-corrected chi connectivity index (χ0v) is 13.5. The van der Waals surface area contributed by atoms with Crippen LogP contribution in [0.5, 0.6) is 0 Å². The molecule has 2 aromatic heterocycles. The Morgan fingerprint density at radius 1 is 1.12 bits per heavy atom. The van der Waals surface area contributed by atoms with Gasteiger partial charge in [-0.1, -0.05) is 41.7 Å². The highest BCUT2D eigenvalue weighted by Gasteiger charge is 2.24. The van der Waals surface area contributed by atoms with Gasteiger partial charge in [-0.25, -0.2) is 0 Å². The third kappa shape index (κ3) is 3.66. The Hall–Kier alpha value is -3.00. The fraction of sp³-hybridized carbons (Fsp3) is 0.125. The number of aryl methyl sites for hydroxylation is 1. The summed E-state index contributed by atoms with van der Waals surface area (Å²) in [6, 6.07) is 11.8. The molecule has 0 aliphatic carbocycles. The van der Waals surface area contributed by atoms with Gasteiger partial charge in [0.05, 0.1) is 6.26 Å². The number of Topliss-reactive ketones (excluding diaryl/α,β-unsaturated/α-hetero) is 1. The molecular weight excluding hydrogens is 328 g/mol. The second-order valence-electron chi connectivity index (χ2n) is 4.88. The molecule has 0 bridgehead atoms. The van der Waals surface area contributed by atoms with Crippen LogP contribution in [0.4, 0.5) is 5.13 Å². The average Bonchev–Trinajstić information content (AvgIpc) is 3.26. The van der Waals surface area contributed by atoms with Gasteiger partial charge in [0.2, 0.25) is 10.9 Å². The van der Waals surface area contributed by atoms with Gasteiger partial charge < -0.3 is 15.1 Å². The van der Waals surface area contributed by atoms with Crippen LogP contribution in [-0.4, -0.2) is 28.1 Å². The molecule has 1 atom stereocenters. The SMILES string of the molecule is Cc1nnc(N[C@H](NC(=O)c2ccco2)C(=O)c2ccccc2)s1. The second-order valence-corrected chi connectivity index (χ2v) is 6.07. The topological polar surface area (TPSA) is 97.1 Å². The van der Waals surface area contributed by atoms with E-state index in [1.165, 1.54) is 23.7 Å². The highest BCUT2D eigenvalue weighted by molar-refractivity contribution is 7.15. The number of nitrogens with zero attached hydrogens (tertiary/aromatic N) is 2. The minimum atomic E-state index is -0.989. The van der Waals surface area contributed by atoms with Crippen molar-refractivity contribution < 1.29 is 14.0 Å². The van der Waals surface area contributed by atoms with Gasteiger partial charge in [-0.05, 0) is 19.1 Å². The van der Waals surface area contributed by atoms with Gasteiger partial charge in [-0.15, -0.1) is 10.2 Å². The van der Waals surface area contributed by atoms with Crippen LogP contribution in [0.3, 0.4) is 0 Å². The van der Waals surface area contributed by atoms with Gasteiger partial charge in [0.1, 0.15) is 5.01 Å². The predicted molar refractivity (Wildman–Crippen MR) is 89.0 cm³/mol. The summed E-state index contributed by atoms with van der Waals surface area (Å²) in [4.78, 5) is 24.9. The highest BCUT2D eigenvalue weighted by Crippen LogP contribution is 2.16. The molecule has 3 aromatic rings. The third-order valence-electron chi connectivity index (χ3n) is 3.13. The number of amides is 1. The highest BCUT2D eigenvalue weighted by atomic mass is 32.1. The van der Waals surface area contributed by atoms with Crippen molar-refractivity contribution in [3.63, 3.8) is 0 Å². The van der Waals surface area contributed by atoms with E-state index >= 15 is 0 Å². The fourth-order valence-electron chi connectivity index (χ4n) is 2.02. The Kier molecular flexibility index (Phi) is 4.66. The molecule has 7 nitrogen and oxygen atoms in total. The molecule has 24 heavy (non-hydrogen) atoms. The maximum absolute atomic E-state index is 12.7. The van der Waals surface area contributed by atoms with Crippen LogP contribution in [-0.2, 0) is 0 Å². The average molecular weight is 342 g/mol. The summed E-state index contributed by atoms with van der Waals surface area (Å²) >= 11 is 1.29. The quantitative estimate of drug-likeness (QED) is 0.528. The lowest BCUT2D eigenvalue weighted by atomic mass is 10.1. The molecule has 0 saturated heterocycles. The molecular formula is C16H14N4O3S. The molecule has 0 aliphatic heterocycles.